The smallest absolute Gasteiger partial charge is 0.0216 e. The summed E-state index contributed by atoms with van der Waals surface area (Å²) < 4.78 is 2.47. The summed E-state index contributed by atoms with van der Waals surface area (Å²) >= 11 is 5.89. The molecule has 0 saturated heterocycles. The zero-order valence-electron chi connectivity index (χ0n) is 10.2. The zero-order chi connectivity index (χ0) is 12.5. The van der Waals surface area contributed by atoms with Gasteiger partial charge >= 0.3 is 0 Å². The van der Waals surface area contributed by atoms with Crippen molar-refractivity contribution < 1.29 is 0 Å². The standard InChI is InChI=1S/C13H20BrIN2/c1-2-6-16-7-3-8-17-10-11-9-12(14)4-5-13(11)15/h4-5,9,16-17H,2-3,6-8,10H2,1H3. The highest BCUT2D eigenvalue weighted by Crippen LogP contribution is 2.18. The fourth-order valence-corrected chi connectivity index (χ4v) is 2.48. The molecule has 2 nitrogen and oxygen atoms in total. The van der Waals surface area contributed by atoms with Gasteiger partial charge in [0.2, 0.25) is 0 Å². The van der Waals surface area contributed by atoms with Crippen LogP contribution < -0.4 is 10.6 Å². The largest absolute Gasteiger partial charge is 0.317 e. The lowest BCUT2D eigenvalue weighted by Gasteiger charge is -2.08. The van der Waals surface area contributed by atoms with Crippen molar-refractivity contribution in [3.8, 4) is 0 Å². The van der Waals surface area contributed by atoms with Crippen LogP contribution in [0.3, 0.4) is 0 Å². The van der Waals surface area contributed by atoms with Crippen LogP contribution in [0.4, 0.5) is 0 Å². The van der Waals surface area contributed by atoms with Gasteiger partial charge in [0.05, 0.1) is 0 Å². The van der Waals surface area contributed by atoms with Gasteiger partial charge in [-0.15, -0.1) is 0 Å². The second kappa shape index (κ2) is 9.30. The van der Waals surface area contributed by atoms with E-state index in [2.05, 4.69) is 74.3 Å². The first-order valence-corrected chi connectivity index (χ1v) is 7.96. The quantitative estimate of drug-likeness (QED) is 0.506. The molecular formula is C13H20BrIN2. The fourth-order valence-electron chi connectivity index (χ4n) is 1.54. The molecule has 0 radical (unpaired) electrons. The number of hydrogen-bond donors (Lipinski definition) is 2. The van der Waals surface area contributed by atoms with Gasteiger partial charge in [-0.25, -0.2) is 0 Å². The molecule has 0 fully saturated rings. The molecule has 0 aliphatic rings. The number of rotatable bonds is 8. The first kappa shape index (κ1) is 15.4. The molecule has 0 aliphatic heterocycles. The van der Waals surface area contributed by atoms with Gasteiger partial charge in [0.15, 0.2) is 0 Å². The molecule has 0 atom stereocenters. The molecule has 4 heteroatoms. The molecule has 0 spiro atoms. The van der Waals surface area contributed by atoms with E-state index in [-0.39, 0.29) is 0 Å². The van der Waals surface area contributed by atoms with Gasteiger partial charge in [-0.1, -0.05) is 22.9 Å². The van der Waals surface area contributed by atoms with Gasteiger partial charge in [0.25, 0.3) is 0 Å². The normalized spacial score (nSPS) is 10.8. The third-order valence-corrected chi connectivity index (χ3v) is 4.00. The highest BCUT2D eigenvalue weighted by Gasteiger charge is 1.99. The SMILES string of the molecule is CCCNCCCNCc1cc(Br)ccc1I. The van der Waals surface area contributed by atoms with Gasteiger partial charge in [-0.3, -0.25) is 0 Å². The molecule has 0 aliphatic carbocycles. The van der Waals surface area contributed by atoms with E-state index in [9.17, 15) is 0 Å². The molecule has 0 bridgehead atoms. The Labute approximate surface area is 126 Å². The van der Waals surface area contributed by atoms with Crippen molar-refractivity contribution >= 4 is 38.5 Å². The minimum absolute atomic E-state index is 0.950. The van der Waals surface area contributed by atoms with Crippen LogP contribution in [0.15, 0.2) is 22.7 Å². The van der Waals surface area contributed by atoms with E-state index in [0.29, 0.717) is 0 Å². The zero-order valence-corrected chi connectivity index (χ0v) is 14.0. The number of halogens is 2. The van der Waals surface area contributed by atoms with Crippen molar-refractivity contribution in [2.45, 2.75) is 26.3 Å². The van der Waals surface area contributed by atoms with E-state index >= 15 is 0 Å². The van der Waals surface area contributed by atoms with Crippen LogP contribution in [-0.2, 0) is 6.54 Å². The third-order valence-electron chi connectivity index (χ3n) is 2.46. The van der Waals surface area contributed by atoms with E-state index in [1.807, 2.05) is 0 Å². The Kier molecular flexibility index (Phi) is 8.43. The maximum absolute atomic E-state index is 3.51. The van der Waals surface area contributed by atoms with E-state index in [4.69, 9.17) is 0 Å². The predicted molar refractivity (Wildman–Crippen MR) is 86.3 cm³/mol. The fraction of sp³-hybridized carbons (Fsp3) is 0.538. The second-order valence-corrected chi connectivity index (χ2v) is 6.09. The molecule has 0 saturated carbocycles. The van der Waals surface area contributed by atoms with Crippen LogP contribution >= 0.6 is 38.5 Å². The summed E-state index contributed by atoms with van der Waals surface area (Å²) in [6, 6.07) is 6.41. The van der Waals surface area contributed by atoms with Crippen molar-refractivity contribution in [1.29, 1.82) is 0 Å². The molecule has 0 aromatic heterocycles. The highest BCUT2D eigenvalue weighted by molar-refractivity contribution is 14.1. The van der Waals surface area contributed by atoms with E-state index in [0.717, 1.165) is 30.7 Å². The maximum atomic E-state index is 3.51. The van der Waals surface area contributed by atoms with Crippen LogP contribution in [0.5, 0.6) is 0 Å². The monoisotopic (exact) mass is 410 g/mol. The lowest BCUT2D eigenvalue weighted by Crippen LogP contribution is -2.22. The summed E-state index contributed by atoms with van der Waals surface area (Å²) in [7, 11) is 0. The van der Waals surface area contributed by atoms with Crippen LogP contribution in [0, 0.1) is 3.57 Å². The third kappa shape index (κ3) is 6.74. The average molecular weight is 411 g/mol. The summed E-state index contributed by atoms with van der Waals surface area (Å²) in [4.78, 5) is 0. The molecule has 0 unspecified atom stereocenters. The Bertz CT molecular complexity index is 331. The summed E-state index contributed by atoms with van der Waals surface area (Å²) in [6.45, 7) is 6.45. The number of nitrogens with one attached hydrogen (secondary N) is 2. The van der Waals surface area contributed by atoms with Crippen molar-refractivity contribution in [2.24, 2.45) is 0 Å². The molecule has 17 heavy (non-hydrogen) atoms. The minimum Gasteiger partial charge on any atom is -0.317 e. The highest BCUT2D eigenvalue weighted by atomic mass is 127. The van der Waals surface area contributed by atoms with Crippen molar-refractivity contribution in [1.82, 2.24) is 10.6 Å². The minimum atomic E-state index is 0.950. The molecule has 1 rings (SSSR count). The van der Waals surface area contributed by atoms with Gasteiger partial charge in [0.1, 0.15) is 0 Å². The number of hydrogen-bond acceptors (Lipinski definition) is 2. The Morgan fingerprint density at radius 1 is 1.18 bits per heavy atom. The summed E-state index contributed by atoms with van der Waals surface area (Å²) in [6.07, 6.45) is 2.40. The Hall–Kier alpha value is 0.350. The number of benzene rings is 1. The van der Waals surface area contributed by atoms with Crippen LogP contribution in [0.1, 0.15) is 25.3 Å². The molecule has 1 aromatic rings. The van der Waals surface area contributed by atoms with E-state index in [1.165, 1.54) is 22.0 Å². The van der Waals surface area contributed by atoms with Gasteiger partial charge in [-0.2, -0.15) is 0 Å². The van der Waals surface area contributed by atoms with Crippen molar-refractivity contribution in [3.05, 3.63) is 31.8 Å². The summed E-state index contributed by atoms with van der Waals surface area (Å²) in [5.74, 6) is 0. The average Bonchev–Trinajstić information content (AvgIpc) is 2.32. The Balaban J connectivity index is 2.15. The summed E-state index contributed by atoms with van der Waals surface area (Å²) in [5, 5.41) is 6.89. The van der Waals surface area contributed by atoms with Crippen LogP contribution in [-0.4, -0.2) is 19.6 Å². The molecule has 2 N–H and O–H groups in total. The van der Waals surface area contributed by atoms with E-state index < -0.39 is 0 Å². The Morgan fingerprint density at radius 3 is 2.71 bits per heavy atom. The second-order valence-electron chi connectivity index (χ2n) is 4.02. The van der Waals surface area contributed by atoms with Crippen LogP contribution in [0.25, 0.3) is 0 Å². The predicted octanol–water partition coefficient (Wildman–Crippen LogP) is 3.53. The molecule has 0 heterocycles. The first-order chi connectivity index (χ1) is 8.24. The van der Waals surface area contributed by atoms with Gasteiger partial charge in [0, 0.05) is 14.6 Å². The Morgan fingerprint density at radius 2 is 1.94 bits per heavy atom. The van der Waals surface area contributed by atoms with Crippen molar-refractivity contribution in [3.63, 3.8) is 0 Å². The molecular weight excluding hydrogens is 391 g/mol. The van der Waals surface area contributed by atoms with Gasteiger partial charge < -0.3 is 10.6 Å². The summed E-state index contributed by atoms with van der Waals surface area (Å²) in [5.41, 5.74) is 1.36. The first-order valence-electron chi connectivity index (χ1n) is 6.09. The molecule has 0 amide bonds. The molecule has 96 valence electrons. The van der Waals surface area contributed by atoms with Crippen molar-refractivity contribution in [2.75, 3.05) is 19.6 Å². The molecule has 1 aromatic carbocycles. The lowest BCUT2D eigenvalue weighted by molar-refractivity contribution is 0.591. The van der Waals surface area contributed by atoms with Gasteiger partial charge in [-0.05, 0) is 78.8 Å². The van der Waals surface area contributed by atoms with Crippen LogP contribution in [0.2, 0.25) is 0 Å². The topological polar surface area (TPSA) is 24.1 Å². The van der Waals surface area contributed by atoms with E-state index in [1.54, 1.807) is 0 Å². The maximum Gasteiger partial charge on any atom is 0.0216 e. The lowest BCUT2D eigenvalue weighted by atomic mass is 10.2.